The predicted octanol–water partition coefficient (Wildman–Crippen LogP) is 5.02. The minimum Gasteiger partial charge on any atom is -0.342 e. The van der Waals surface area contributed by atoms with Gasteiger partial charge in [-0.25, -0.2) is 13.2 Å². The Labute approximate surface area is 184 Å². The molecular weight excluding hydrogens is 494 g/mol. The van der Waals surface area contributed by atoms with E-state index >= 15 is 0 Å². The molecule has 1 unspecified atom stereocenters. The smallest absolute Gasteiger partial charge is 0.342 e. The van der Waals surface area contributed by atoms with Crippen molar-refractivity contribution < 1.29 is 54.2 Å². The number of Topliss-reactive ketones (excluding diaryl/α,β-unsaturated/α-hetero) is 1. The fourth-order valence-corrected chi connectivity index (χ4v) is 2.88. The lowest BCUT2D eigenvalue weighted by atomic mass is 10.0. The quantitative estimate of drug-likeness (QED) is 0.440. The van der Waals surface area contributed by atoms with Crippen LogP contribution in [0.2, 0.25) is 0 Å². The first-order valence-corrected chi connectivity index (χ1v) is 8.75. The molecule has 1 atom stereocenters. The Kier molecular flexibility index (Phi) is 9.34. The zero-order valence-corrected chi connectivity index (χ0v) is 16.9. The van der Waals surface area contributed by atoms with Gasteiger partial charge < -0.3 is 5.32 Å². The number of carbonyl (C=O) groups excluding carboxylic acids is 2. The van der Waals surface area contributed by atoms with Crippen molar-refractivity contribution in [3.8, 4) is 0 Å². The van der Waals surface area contributed by atoms with Gasteiger partial charge in [0.15, 0.2) is 5.78 Å². The average Bonchev–Trinajstić information content (AvgIpc) is 3.19. The van der Waals surface area contributed by atoms with Gasteiger partial charge in [0.1, 0.15) is 28.5 Å². The van der Waals surface area contributed by atoms with Crippen LogP contribution in [-0.2, 0) is 19.6 Å². The number of pyridine rings is 1. The van der Waals surface area contributed by atoms with Gasteiger partial charge in [-0.15, -0.1) is 0 Å². The molecule has 2 heterocycles. The number of hydrogen-bond donors (Lipinski definition) is 1. The van der Waals surface area contributed by atoms with Gasteiger partial charge in [0.25, 0.3) is 11.8 Å². The molecule has 34 heavy (non-hydrogen) atoms. The Morgan fingerprint density at radius 3 is 2.26 bits per heavy atom. The molecule has 0 bridgehead atoms. The molecule has 1 fully saturated rings. The monoisotopic (exact) mass is 508 g/mol. The van der Waals surface area contributed by atoms with Crippen LogP contribution < -0.4 is 5.32 Å². The van der Waals surface area contributed by atoms with Gasteiger partial charge in [-0.05, 0) is 17.7 Å². The highest BCUT2D eigenvalue weighted by Gasteiger charge is 2.58. The number of ketones is 1. The lowest BCUT2D eigenvalue weighted by Gasteiger charge is -2.10. The van der Waals surface area contributed by atoms with Crippen LogP contribution in [0.25, 0.3) is 5.83 Å². The molecule has 6 nitrogen and oxygen atoms in total. The number of alkyl halides is 5. The van der Waals surface area contributed by atoms with E-state index in [0.29, 0.717) is 4.68 Å². The largest absolute Gasteiger partial charge is 0.420 e. The summed E-state index contributed by atoms with van der Waals surface area (Å²) >= 11 is 0. The molecule has 1 aliphatic rings. The number of amides is 1. The number of halogens is 10. The molecule has 1 amide bonds. The van der Waals surface area contributed by atoms with Gasteiger partial charge in [-0.2, -0.15) is 18.3 Å². The third kappa shape index (κ3) is 6.54. The molecule has 1 aliphatic carbocycles. The minimum absolute atomic E-state index is 0.109. The third-order valence-corrected chi connectivity index (χ3v) is 4.40. The van der Waals surface area contributed by atoms with E-state index in [4.69, 9.17) is 18.3 Å². The molecule has 3 rings (SSSR count). The van der Waals surface area contributed by atoms with Crippen molar-refractivity contribution in [3.63, 3.8) is 0 Å². The topological polar surface area (TPSA) is 76.9 Å². The van der Waals surface area contributed by atoms with E-state index in [2.05, 4.69) is 22.0 Å². The molecule has 188 valence electrons. The highest BCUT2D eigenvalue weighted by atomic mass is 20.0. The maximum Gasteiger partial charge on any atom is 0.420 e. The second kappa shape index (κ2) is 11.1. The average molecular weight is 508 g/mol. The van der Waals surface area contributed by atoms with Gasteiger partial charge in [-0.3, -0.25) is 19.3 Å². The number of nitrogens with one attached hydrogen (secondary N) is 1. The molecule has 0 aromatic carbocycles. The number of nitrogens with zero attached hydrogens (tertiary/aromatic N) is 3. The first-order valence-electron chi connectivity index (χ1n) is 8.75. The Bertz CT molecular complexity index is 1050. The van der Waals surface area contributed by atoms with E-state index in [9.17, 15) is 35.9 Å². The molecule has 2 aromatic rings. The summed E-state index contributed by atoms with van der Waals surface area (Å²) in [5, 5.41) is 5.47. The molecule has 0 saturated heterocycles. The summed E-state index contributed by atoms with van der Waals surface area (Å²) in [6.45, 7) is 2.81. The maximum atomic E-state index is 13.4. The summed E-state index contributed by atoms with van der Waals surface area (Å²) in [4.78, 5) is 28.3. The van der Waals surface area contributed by atoms with Crippen LogP contribution in [0, 0.1) is 0 Å². The second-order valence-electron chi connectivity index (χ2n) is 6.74. The van der Waals surface area contributed by atoms with Crippen molar-refractivity contribution in [1.82, 2.24) is 20.1 Å². The zero-order chi connectivity index (χ0) is 26.4. The van der Waals surface area contributed by atoms with Gasteiger partial charge in [0.2, 0.25) is 0 Å². The molecular formula is C18H14F10N4O2. The highest BCUT2D eigenvalue weighted by Crippen LogP contribution is 2.41. The van der Waals surface area contributed by atoms with Crippen LogP contribution in [0.15, 0.2) is 24.9 Å². The number of aromatic nitrogens is 3. The van der Waals surface area contributed by atoms with Gasteiger partial charge in [0.05, 0.1) is 6.04 Å². The first kappa shape index (κ1) is 28.6. The predicted molar refractivity (Wildman–Crippen MR) is 95.9 cm³/mol. The van der Waals surface area contributed by atoms with E-state index in [-0.39, 0.29) is 11.3 Å². The summed E-state index contributed by atoms with van der Waals surface area (Å²) in [6.07, 6.45) is -5.04. The number of hydrogen-bond acceptors (Lipinski definition) is 4. The van der Waals surface area contributed by atoms with Crippen molar-refractivity contribution >= 4 is 17.5 Å². The fraction of sp³-hybridized carbons (Fsp3) is 0.333. The number of rotatable bonds is 6. The van der Waals surface area contributed by atoms with E-state index in [0.717, 1.165) is 19.3 Å². The van der Waals surface area contributed by atoms with Gasteiger partial charge in [0, 0.05) is 44.4 Å². The standard InChI is InChI=1S/C18H14F6N4O2.2F2/c1-8(19)14-13(18(22,23)24)15(28(2)27-14)11(29)6-9-3-4-25-10(5-9)16(30)26-12-7-17(12,20)21;2*1-2/h3-5,12H,1,6-7H2,2H3,(H,26,30);;. The zero-order valence-electron chi connectivity index (χ0n) is 16.9. The van der Waals surface area contributed by atoms with Gasteiger partial charge >= 0.3 is 6.18 Å². The third-order valence-electron chi connectivity index (χ3n) is 4.40. The fourth-order valence-electron chi connectivity index (χ4n) is 2.88. The summed E-state index contributed by atoms with van der Waals surface area (Å²) in [6, 6.07) is 1.07. The van der Waals surface area contributed by atoms with Crippen LogP contribution in [0.1, 0.15) is 44.2 Å². The molecule has 2 aromatic heterocycles. The summed E-state index contributed by atoms with van der Waals surface area (Å²) in [5.41, 5.74) is -3.68. The van der Waals surface area contributed by atoms with E-state index < -0.39 is 65.5 Å². The summed E-state index contributed by atoms with van der Waals surface area (Å²) in [7, 11) is 1.05. The lowest BCUT2D eigenvalue weighted by molar-refractivity contribution is -0.138. The van der Waals surface area contributed by atoms with Crippen molar-refractivity contribution in [2.24, 2.45) is 7.05 Å². The first-order chi connectivity index (χ1) is 15.8. The number of aryl methyl sites for hydroxylation is 1. The minimum atomic E-state index is -5.07. The summed E-state index contributed by atoms with van der Waals surface area (Å²) in [5.74, 6) is -6.39. The number of carbonyl (C=O) groups is 2. The van der Waals surface area contributed by atoms with Crippen LogP contribution in [0.4, 0.5) is 44.6 Å². The van der Waals surface area contributed by atoms with Crippen molar-refractivity contribution in [2.75, 3.05) is 0 Å². The van der Waals surface area contributed by atoms with Crippen molar-refractivity contribution in [3.05, 3.63) is 53.1 Å². The van der Waals surface area contributed by atoms with Gasteiger partial charge in [-0.1, -0.05) is 6.58 Å². The maximum absolute atomic E-state index is 13.4. The molecule has 16 heteroatoms. The molecule has 0 spiro atoms. The van der Waals surface area contributed by atoms with E-state index in [1.165, 1.54) is 6.07 Å². The normalized spacial score (nSPS) is 15.8. The van der Waals surface area contributed by atoms with Crippen LogP contribution >= 0.6 is 0 Å². The molecule has 1 N–H and O–H groups in total. The summed E-state index contributed by atoms with van der Waals surface area (Å²) < 4.78 is 112. The van der Waals surface area contributed by atoms with Crippen LogP contribution in [-0.4, -0.2) is 38.4 Å². The Morgan fingerprint density at radius 2 is 1.79 bits per heavy atom. The Morgan fingerprint density at radius 1 is 1.24 bits per heavy atom. The Hall–Kier alpha value is -3.46. The van der Waals surface area contributed by atoms with E-state index in [1.54, 1.807) is 0 Å². The SMILES string of the molecule is C=C(F)c1nn(C)c(C(=O)Cc2ccnc(C(=O)NC3CC3(F)F)c2)c1C(F)(F)F.FF.FF. The molecule has 0 radical (unpaired) electrons. The molecule has 0 aliphatic heterocycles. The van der Waals surface area contributed by atoms with Crippen molar-refractivity contribution in [1.29, 1.82) is 0 Å². The lowest BCUT2D eigenvalue weighted by Crippen LogP contribution is -2.30. The van der Waals surface area contributed by atoms with Crippen LogP contribution in [0.3, 0.4) is 0 Å². The van der Waals surface area contributed by atoms with Crippen molar-refractivity contribution in [2.45, 2.75) is 31.0 Å². The second-order valence-corrected chi connectivity index (χ2v) is 6.74. The van der Waals surface area contributed by atoms with E-state index in [1.807, 2.05) is 0 Å². The Balaban J connectivity index is 0.00000137. The highest BCUT2D eigenvalue weighted by molar-refractivity contribution is 5.99. The van der Waals surface area contributed by atoms with Crippen LogP contribution in [0.5, 0.6) is 0 Å². The molecule has 1 saturated carbocycles.